The predicted octanol–water partition coefficient (Wildman–Crippen LogP) is 4.08. The molecule has 80 valence electrons. The summed E-state index contributed by atoms with van der Waals surface area (Å²) in [6, 6.07) is 10.5. The summed E-state index contributed by atoms with van der Waals surface area (Å²) in [5, 5.41) is 0. The third-order valence-electron chi connectivity index (χ3n) is 3.68. The number of hydrogen-bond donors (Lipinski definition) is 0. The van der Waals surface area contributed by atoms with Gasteiger partial charge in [-0.15, -0.1) is 0 Å². The van der Waals surface area contributed by atoms with Crippen molar-refractivity contribution in [3.63, 3.8) is 0 Å². The molecule has 3 atom stereocenters. The highest BCUT2D eigenvalue weighted by molar-refractivity contribution is 5.55. The van der Waals surface area contributed by atoms with Gasteiger partial charge >= 0.3 is 0 Å². The molecule has 1 aromatic carbocycles. The van der Waals surface area contributed by atoms with Crippen molar-refractivity contribution in [3.8, 4) is 0 Å². The van der Waals surface area contributed by atoms with Gasteiger partial charge in [-0.2, -0.15) is 0 Å². The smallest absolute Gasteiger partial charge is 0.0127 e. The molecule has 0 N–H and O–H groups in total. The summed E-state index contributed by atoms with van der Waals surface area (Å²) >= 11 is 0. The lowest BCUT2D eigenvalue weighted by atomic mass is 10.1. The number of fused-ring (bicyclic) bond motifs is 1. The van der Waals surface area contributed by atoms with Crippen LogP contribution in [0, 0.1) is 17.8 Å². The molecule has 0 aromatic heterocycles. The predicted molar refractivity (Wildman–Crippen MR) is 68.8 cm³/mol. The van der Waals surface area contributed by atoms with E-state index in [-0.39, 0.29) is 0 Å². The van der Waals surface area contributed by atoms with Crippen LogP contribution in [0.15, 0.2) is 60.2 Å². The minimum absolute atomic E-state index is 0.806. The van der Waals surface area contributed by atoms with E-state index in [1.54, 1.807) is 0 Å². The first kappa shape index (κ1) is 9.65. The fourth-order valence-electron chi connectivity index (χ4n) is 2.46. The Balaban J connectivity index is 1.74. The third kappa shape index (κ3) is 1.76. The zero-order chi connectivity index (χ0) is 11.0. The minimum atomic E-state index is 0.806. The van der Waals surface area contributed by atoms with Gasteiger partial charge in [0.15, 0.2) is 0 Å². The van der Waals surface area contributed by atoms with E-state index in [0.29, 0.717) is 0 Å². The molecule has 0 heteroatoms. The van der Waals surface area contributed by atoms with Crippen LogP contribution in [0.3, 0.4) is 0 Å². The van der Waals surface area contributed by atoms with Crippen molar-refractivity contribution < 1.29 is 0 Å². The van der Waals surface area contributed by atoms with E-state index in [1.807, 2.05) is 6.07 Å². The second-order valence-electron chi connectivity index (χ2n) is 4.78. The Hall–Kier alpha value is -1.56. The molecular formula is C16H16. The van der Waals surface area contributed by atoms with Gasteiger partial charge in [0, 0.05) is 0 Å². The van der Waals surface area contributed by atoms with E-state index in [4.69, 9.17) is 0 Å². The fraction of sp³-hybridized carbons (Fsp3) is 0.250. The number of rotatable bonds is 2. The van der Waals surface area contributed by atoms with Gasteiger partial charge in [-0.1, -0.05) is 67.6 Å². The van der Waals surface area contributed by atoms with Crippen LogP contribution in [-0.2, 0) is 0 Å². The van der Waals surface area contributed by atoms with Crippen molar-refractivity contribution in [2.45, 2.75) is 6.92 Å². The van der Waals surface area contributed by atoms with Crippen LogP contribution >= 0.6 is 0 Å². The summed E-state index contributed by atoms with van der Waals surface area (Å²) in [6.45, 7) is 2.33. The molecule has 0 nitrogen and oxygen atoms in total. The third-order valence-corrected chi connectivity index (χ3v) is 3.68. The van der Waals surface area contributed by atoms with Crippen molar-refractivity contribution in [2.75, 3.05) is 0 Å². The summed E-state index contributed by atoms with van der Waals surface area (Å²) in [4.78, 5) is 0. The lowest BCUT2D eigenvalue weighted by molar-refractivity contribution is 0.884. The van der Waals surface area contributed by atoms with Gasteiger partial charge in [0.2, 0.25) is 0 Å². The van der Waals surface area contributed by atoms with Gasteiger partial charge < -0.3 is 0 Å². The van der Waals surface area contributed by atoms with Crippen molar-refractivity contribution in [3.05, 3.63) is 65.8 Å². The zero-order valence-electron chi connectivity index (χ0n) is 9.51. The Labute approximate surface area is 97.0 Å². The maximum atomic E-state index is 2.41. The summed E-state index contributed by atoms with van der Waals surface area (Å²) in [5.41, 5.74) is 2.62. The number of benzene rings is 1. The first-order chi connectivity index (χ1) is 7.84. The summed E-state index contributed by atoms with van der Waals surface area (Å²) in [5.74, 6) is 2.49. The zero-order valence-corrected chi connectivity index (χ0v) is 9.51. The molecule has 0 radical (unpaired) electrons. The minimum Gasteiger partial charge on any atom is -0.0799 e. The SMILES string of the molecule is CC1C2C=CC(/C=C/c3ccccc3)=CC12. The standard InChI is InChI=1S/C16H16/c1-12-15-10-9-14(11-16(12)15)8-7-13-5-3-2-4-6-13/h2-12,15-16H,1H3/b8-7+. The van der Waals surface area contributed by atoms with Crippen LogP contribution in [-0.4, -0.2) is 0 Å². The normalized spacial score (nSPS) is 31.3. The van der Waals surface area contributed by atoms with Crippen molar-refractivity contribution in [1.29, 1.82) is 0 Å². The van der Waals surface area contributed by atoms with Gasteiger partial charge in [-0.05, 0) is 28.9 Å². The lowest BCUT2D eigenvalue weighted by Gasteiger charge is -2.00. The highest BCUT2D eigenvalue weighted by atomic mass is 14.5. The molecule has 1 fully saturated rings. The van der Waals surface area contributed by atoms with E-state index in [1.165, 1.54) is 11.1 Å². The van der Waals surface area contributed by atoms with Gasteiger partial charge in [-0.25, -0.2) is 0 Å². The van der Waals surface area contributed by atoms with Crippen LogP contribution in [0.4, 0.5) is 0 Å². The first-order valence-corrected chi connectivity index (χ1v) is 5.98. The van der Waals surface area contributed by atoms with Crippen LogP contribution in [0.1, 0.15) is 12.5 Å². The molecule has 16 heavy (non-hydrogen) atoms. The Morgan fingerprint density at radius 1 is 1.00 bits per heavy atom. The van der Waals surface area contributed by atoms with Gasteiger partial charge in [0.05, 0.1) is 0 Å². The van der Waals surface area contributed by atoms with Gasteiger partial charge in [0.1, 0.15) is 0 Å². The highest BCUT2D eigenvalue weighted by Gasteiger charge is 2.44. The largest absolute Gasteiger partial charge is 0.0799 e. The van der Waals surface area contributed by atoms with Gasteiger partial charge in [-0.3, -0.25) is 0 Å². The first-order valence-electron chi connectivity index (χ1n) is 5.98. The van der Waals surface area contributed by atoms with E-state index >= 15 is 0 Å². The summed E-state index contributed by atoms with van der Waals surface area (Å²) < 4.78 is 0. The molecule has 0 heterocycles. The van der Waals surface area contributed by atoms with Crippen molar-refractivity contribution in [1.82, 2.24) is 0 Å². The van der Waals surface area contributed by atoms with E-state index < -0.39 is 0 Å². The van der Waals surface area contributed by atoms with Crippen LogP contribution in [0.5, 0.6) is 0 Å². The molecule has 1 aromatic rings. The molecule has 3 rings (SSSR count). The highest BCUT2D eigenvalue weighted by Crippen LogP contribution is 2.50. The Bertz CT molecular complexity index is 462. The number of hydrogen-bond acceptors (Lipinski definition) is 0. The Kier molecular flexibility index (Phi) is 2.28. The Morgan fingerprint density at radius 3 is 2.56 bits per heavy atom. The van der Waals surface area contributed by atoms with Crippen LogP contribution in [0.2, 0.25) is 0 Å². The average molecular weight is 208 g/mol. The lowest BCUT2D eigenvalue weighted by Crippen LogP contribution is -1.84. The summed E-state index contributed by atoms with van der Waals surface area (Å²) in [6.07, 6.45) is 11.4. The molecule has 3 unspecified atom stereocenters. The molecule has 0 amide bonds. The van der Waals surface area contributed by atoms with E-state index in [9.17, 15) is 0 Å². The molecule has 1 saturated carbocycles. The quantitative estimate of drug-likeness (QED) is 0.687. The van der Waals surface area contributed by atoms with Crippen molar-refractivity contribution >= 4 is 6.08 Å². The molecule has 0 bridgehead atoms. The molecule has 2 aliphatic rings. The molecular weight excluding hydrogens is 192 g/mol. The monoisotopic (exact) mass is 208 g/mol. The topological polar surface area (TPSA) is 0 Å². The maximum absolute atomic E-state index is 2.41. The molecule has 0 saturated heterocycles. The molecule has 2 aliphatic carbocycles. The van der Waals surface area contributed by atoms with Crippen molar-refractivity contribution in [2.24, 2.45) is 17.8 Å². The van der Waals surface area contributed by atoms with E-state index in [2.05, 4.69) is 61.6 Å². The van der Waals surface area contributed by atoms with Gasteiger partial charge in [0.25, 0.3) is 0 Å². The molecule has 0 spiro atoms. The molecule has 0 aliphatic heterocycles. The fourth-order valence-corrected chi connectivity index (χ4v) is 2.46. The summed E-state index contributed by atoms with van der Waals surface area (Å²) in [7, 11) is 0. The Morgan fingerprint density at radius 2 is 1.81 bits per heavy atom. The van der Waals surface area contributed by atoms with Crippen LogP contribution < -0.4 is 0 Å². The number of allylic oxidation sites excluding steroid dienone is 5. The second-order valence-corrected chi connectivity index (χ2v) is 4.78. The van der Waals surface area contributed by atoms with E-state index in [0.717, 1.165) is 17.8 Å². The second kappa shape index (κ2) is 3.79. The maximum Gasteiger partial charge on any atom is -0.0127 e. The van der Waals surface area contributed by atoms with Crippen LogP contribution in [0.25, 0.3) is 6.08 Å². The average Bonchev–Trinajstić information content (AvgIpc) is 2.99.